The smallest absolute Gasteiger partial charge is 0.244 e. The van der Waals surface area contributed by atoms with Crippen LogP contribution in [-0.4, -0.2) is 63.7 Å². The largest absolute Gasteiger partial charge is 0.493 e. The van der Waals surface area contributed by atoms with E-state index >= 15 is 0 Å². The van der Waals surface area contributed by atoms with Gasteiger partial charge in [0.05, 0.1) is 26.2 Å². The van der Waals surface area contributed by atoms with Crippen molar-refractivity contribution in [1.82, 2.24) is 10.2 Å². The molecule has 3 aromatic carbocycles. The predicted octanol–water partition coefficient (Wildman–Crippen LogP) is 4.79. The van der Waals surface area contributed by atoms with Crippen molar-refractivity contribution in [2.75, 3.05) is 31.3 Å². The van der Waals surface area contributed by atoms with Gasteiger partial charge in [-0.05, 0) is 56.2 Å². The maximum atomic E-state index is 14.2. The van der Waals surface area contributed by atoms with Crippen LogP contribution < -0.4 is 19.1 Å². The fourth-order valence-corrected chi connectivity index (χ4v) is 5.49. The average molecular weight is 661 g/mol. The van der Waals surface area contributed by atoms with E-state index in [1.807, 2.05) is 75.4 Å². The molecule has 1 N–H and O–H groups in total. The highest BCUT2D eigenvalue weighted by Gasteiger charge is 2.34. The number of carbonyl (C=O) groups is 2. The first-order valence-corrected chi connectivity index (χ1v) is 16.0. The van der Waals surface area contributed by atoms with E-state index in [0.717, 1.165) is 26.2 Å². The van der Waals surface area contributed by atoms with Crippen molar-refractivity contribution >= 4 is 43.5 Å². The van der Waals surface area contributed by atoms with Crippen molar-refractivity contribution in [2.45, 2.75) is 45.3 Å². The number of nitrogens with one attached hydrogen (secondary N) is 1. The summed E-state index contributed by atoms with van der Waals surface area (Å²) in [6.45, 7) is 5.17. The maximum absolute atomic E-state index is 14.2. The molecule has 0 saturated carbocycles. The van der Waals surface area contributed by atoms with Gasteiger partial charge in [-0.15, -0.1) is 0 Å². The second-order valence-corrected chi connectivity index (χ2v) is 13.7. The highest BCUT2D eigenvalue weighted by atomic mass is 79.9. The molecule has 11 heteroatoms. The summed E-state index contributed by atoms with van der Waals surface area (Å²) in [4.78, 5) is 29.4. The molecule has 0 aliphatic carbocycles. The number of methoxy groups -OCH3 is 2. The molecular formula is C31H38BrN3O6S. The van der Waals surface area contributed by atoms with Gasteiger partial charge in [-0.25, -0.2) is 8.42 Å². The zero-order valence-corrected chi connectivity index (χ0v) is 27.2. The molecule has 1 atom stereocenters. The molecule has 9 nitrogen and oxygen atoms in total. The highest BCUT2D eigenvalue weighted by molar-refractivity contribution is 9.10. The first-order chi connectivity index (χ1) is 19.7. The average Bonchev–Trinajstić information content (AvgIpc) is 2.93. The number of hydrogen-bond donors (Lipinski definition) is 1. The molecule has 0 bridgehead atoms. The van der Waals surface area contributed by atoms with Crippen LogP contribution in [0.2, 0.25) is 0 Å². The van der Waals surface area contributed by atoms with Gasteiger partial charge in [-0.2, -0.15) is 0 Å². The third-order valence-electron chi connectivity index (χ3n) is 6.37. The van der Waals surface area contributed by atoms with Crippen LogP contribution >= 0.6 is 15.9 Å². The van der Waals surface area contributed by atoms with E-state index in [9.17, 15) is 18.0 Å². The van der Waals surface area contributed by atoms with E-state index in [4.69, 9.17) is 9.47 Å². The van der Waals surface area contributed by atoms with E-state index in [1.165, 1.54) is 25.2 Å². The fraction of sp³-hybridized carbons (Fsp3) is 0.355. The first-order valence-electron chi connectivity index (χ1n) is 13.3. The van der Waals surface area contributed by atoms with E-state index in [0.29, 0.717) is 11.5 Å². The number of nitrogens with zero attached hydrogens (tertiary/aromatic N) is 2. The molecule has 3 aromatic rings. The van der Waals surface area contributed by atoms with E-state index in [-0.39, 0.29) is 24.6 Å². The summed E-state index contributed by atoms with van der Waals surface area (Å²) in [7, 11) is -0.999. The van der Waals surface area contributed by atoms with Crippen LogP contribution in [0.25, 0.3) is 0 Å². The van der Waals surface area contributed by atoms with Crippen LogP contribution in [0, 0.1) is 0 Å². The lowest BCUT2D eigenvalue weighted by Gasteiger charge is -2.35. The Bertz CT molecular complexity index is 1470. The van der Waals surface area contributed by atoms with Crippen molar-refractivity contribution in [3.63, 3.8) is 0 Å². The summed E-state index contributed by atoms with van der Waals surface area (Å²) in [6, 6.07) is 20.5. The molecule has 0 aromatic heterocycles. The topological polar surface area (TPSA) is 105 Å². The number of hydrogen-bond acceptors (Lipinski definition) is 6. The molecule has 0 radical (unpaired) electrons. The zero-order chi connectivity index (χ0) is 31.1. The summed E-state index contributed by atoms with van der Waals surface area (Å²) in [5, 5.41) is 3.01. The molecule has 0 saturated heterocycles. The van der Waals surface area contributed by atoms with E-state index in [1.54, 1.807) is 12.1 Å². The van der Waals surface area contributed by atoms with Gasteiger partial charge in [-0.3, -0.25) is 13.9 Å². The maximum Gasteiger partial charge on any atom is 0.244 e. The monoisotopic (exact) mass is 659 g/mol. The van der Waals surface area contributed by atoms with E-state index in [2.05, 4.69) is 21.2 Å². The Morgan fingerprint density at radius 1 is 0.905 bits per heavy atom. The van der Waals surface area contributed by atoms with Crippen LogP contribution in [0.15, 0.2) is 77.3 Å². The molecule has 3 rings (SSSR count). The minimum absolute atomic E-state index is 0.0880. The highest BCUT2D eigenvalue weighted by Crippen LogP contribution is 2.32. The van der Waals surface area contributed by atoms with Gasteiger partial charge in [0, 0.05) is 29.0 Å². The molecule has 226 valence electrons. The van der Waals surface area contributed by atoms with Crippen molar-refractivity contribution in [3.8, 4) is 11.5 Å². The normalized spacial score (nSPS) is 12.3. The molecule has 0 heterocycles. The fourth-order valence-electron chi connectivity index (χ4n) is 4.39. The number of sulfonamides is 1. The second kappa shape index (κ2) is 14.1. The lowest BCUT2D eigenvalue weighted by Crippen LogP contribution is -2.56. The Balaban J connectivity index is 2.09. The summed E-state index contributed by atoms with van der Waals surface area (Å²) in [6.07, 6.45) is 1.27. The van der Waals surface area contributed by atoms with Gasteiger partial charge in [0.25, 0.3) is 0 Å². The Labute approximate surface area is 257 Å². The van der Waals surface area contributed by atoms with E-state index < -0.39 is 34.1 Å². The molecule has 2 amide bonds. The van der Waals surface area contributed by atoms with Gasteiger partial charge >= 0.3 is 0 Å². The van der Waals surface area contributed by atoms with Gasteiger partial charge in [-0.1, -0.05) is 58.4 Å². The molecule has 42 heavy (non-hydrogen) atoms. The Morgan fingerprint density at radius 3 is 2.07 bits per heavy atom. The summed E-state index contributed by atoms with van der Waals surface area (Å²) in [5.41, 5.74) is 1.31. The minimum Gasteiger partial charge on any atom is -0.493 e. The van der Waals surface area contributed by atoms with Gasteiger partial charge in [0.1, 0.15) is 12.6 Å². The summed E-state index contributed by atoms with van der Waals surface area (Å²) in [5.74, 6) is -0.147. The first kappa shape index (κ1) is 32.9. The van der Waals surface area contributed by atoms with Gasteiger partial charge in [0.2, 0.25) is 21.8 Å². The summed E-state index contributed by atoms with van der Waals surface area (Å²) >= 11 is 3.44. The number of ether oxygens (including phenoxy) is 2. The van der Waals surface area contributed by atoms with Crippen molar-refractivity contribution in [1.29, 1.82) is 0 Å². The van der Waals surface area contributed by atoms with Crippen molar-refractivity contribution in [3.05, 3.63) is 88.4 Å². The van der Waals surface area contributed by atoms with Crippen LogP contribution in [0.5, 0.6) is 11.5 Å². The lowest BCUT2D eigenvalue weighted by atomic mass is 10.0. The number of rotatable bonds is 12. The standard InChI is InChI=1S/C31H38BrN3O6S/c1-31(2,3)33-30(37)26(18-22-10-8-7-9-11-22)34(20-23-12-14-24(32)15-13-23)29(36)21-35(42(6,38)39)25-16-17-27(40-4)28(19-25)41-5/h7-17,19,26H,18,20-21H2,1-6H3,(H,33,37). The van der Waals surface area contributed by atoms with Crippen LogP contribution in [0.3, 0.4) is 0 Å². The SMILES string of the molecule is COc1ccc(N(CC(=O)N(Cc2ccc(Br)cc2)C(Cc2ccccc2)C(=O)NC(C)(C)C)S(C)(=O)=O)cc1OC. The number of anilines is 1. The number of carbonyl (C=O) groups excluding carboxylic acids is 2. The van der Waals surface area contributed by atoms with Crippen LogP contribution in [0.1, 0.15) is 31.9 Å². The molecule has 1 unspecified atom stereocenters. The number of amides is 2. The van der Waals surface area contributed by atoms with Crippen molar-refractivity contribution < 1.29 is 27.5 Å². The quantitative estimate of drug-likeness (QED) is 0.300. The molecule has 0 spiro atoms. The molecule has 0 aliphatic rings. The second-order valence-electron chi connectivity index (χ2n) is 10.9. The van der Waals surface area contributed by atoms with Crippen LogP contribution in [-0.2, 0) is 32.6 Å². The third kappa shape index (κ3) is 9.22. The predicted molar refractivity (Wildman–Crippen MR) is 168 cm³/mol. The molecule has 0 aliphatic heterocycles. The van der Waals surface area contributed by atoms with Crippen molar-refractivity contribution in [2.24, 2.45) is 0 Å². The minimum atomic E-state index is -3.92. The lowest BCUT2D eigenvalue weighted by molar-refractivity contribution is -0.140. The Morgan fingerprint density at radius 2 is 1.52 bits per heavy atom. The van der Waals surface area contributed by atoms with Gasteiger partial charge in [0.15, 0.2) is 11.5 Å². The number of halogens is 1. The van der Waals surface area contributed by atoms with Crippen LogP contribution in [0.4, 0.5) is 5.69 Å². The Hall–Kier alpha value is -3.57. The van der Waals surface area contributed by atoms with Gasteiger partial charge < -0.3 is 19.7 Å². The summed E-state index contributed by atoms with van der Waals surface area (Å²) < 4.78 is 38.6. The zero-order valence-electron chi connectivity index (χ0n) is 24.8. The number of benzene rings is 3. The molecular weight excluding hydrogens is 622 g/mol. The molecule has 0 fully saturated rings. The Kier molecular flexibility index (Phi) is 11.0. The third-order valence-corrected chi connectivity index (χ3v) is 8.04.